The molecule has 3 rings (SSSR count). The fraction of sp³-hybridized carbons (Fsp3) is 0.821. The molecule has 0 aromatic heterocycles. The van der Waals surface area contributed by atoms with Crippen molar-refractivity contribution in [1.29, 1.82) is 0 Å². The molecule has 17 heteroatoms. The highest BCUT2D eigenvalue weighted by atomic mass is 16.5. The van der Waals surface area contributed by atoms with Gasteiger partial charge in [-0.3, -0.25) is 20.1 Å². The first-order valence-corrected chi connectivity index (χ1v) is 34.0. The molecule has 0 saturated heterocycles. The first-order valence-electron chi connectivity index (χ1n) is 34.0. The van der Waals surface area contributed by atoms with Crippen LogP contribution in [0.5, 0.6) is 0 Å². The van der Waals surface area contributed by atoms with Gasteiger partial charge in [0.25, 0.3) is 11.8 Å². The molecule has 0 radical (unpaired) electrons. The number of amides is 3. The van der Waals surface area contributed by atoms with Crippen molar-refractivity contribution in [3.05, 3.63) is 41.3 Å². The number of hydrogen-bond donors (Lipinski definition) is 9. The third-order valence-corrected chi connectivity index (χ3v) is 16.1. The van der Waals surface area contributed by atoms with Gasteiger partial charge in [-0.2, -0.15) is 0 Å². The summed E-state index contributed by atoms with van der Waals surface area (Å²) >= 11 is 0. The summed E-state index contributed by atoms with van der Waals surface area (Å²) in [6.45, 7) is 13.7. The Kier molecular flexibility index (Phi) is 43.1. The fourth-order valence-corrected chi connectivity index (χ4v) is 10.8. The Bertz CT molecular complexity index is 1870. The number of nitrogens with one attached hydrogen (secondary N) is 7. The number of unbranched alkanes of at least 4 members (excludes halogenated alkanes) is 30. The standard InChI is InChI=1S/C67H122N8O9/c1-5-7-9-11-13-15-17-19-21-23-25-27-29-31-33-35-47-81-53-58(83-49-36-34-32-30-28-26-24-22-20-18-16-14-12-10-8-6-2)39-37-48-82-54-67(3,4)84-50-38-46-69-60(76)45-44-59(65(79)80)73-63(77)55-40-42-56(43-41-55)70-51-57-52-71-62-61(72-57)64(78)75-66(68)74-62/h40-43,57-59,66,70-72,74H,5-39,44-54,68H2,1-4H3,(H,69,76)(H,73,77)(H,75,78)(H,79,80)/t57?,58-,59+,66?/m0/s1. The van der Waals surface area contributed by atoms with Gasteiger partial charge < -0.3 is 61.3 Å². The van der Waals surface area contributed by atoms with Gasteiger partial charge in [0.1, 0.15) is 17.6 Å². The molecule has 2 unspecified atom stereocenters. The number of carboxylic acid groups (broad SMARTS) is 1. The molecule has 0 aliphatic carbocycles. The highest BCUT2D eigenvalue weighted by Crippen LogP contribution is 2.19. The molecule has 2 heterocycles. The number of carboxylic acids is 1. The van der Waals surface area contributed by atoms with E-state index in [1.54, 1.807) is 24.3 Å². The Morgan fingerprint density at radius 2 is 1.14 bits per heavy atom. The Balaban J connectivity index is 1.25. The molecule has 2 aliphatic heterocycles. The lowest BCUT2D eigenvalue weighted by molar-refractivity contribution is -0.139. The molecule has 1 aromatic carbocycles. The maximum atomic E-state index is 13.0. The van der Waals surface area contributed by atoms with Crippen molar-refractivity contribution in [3.8, 4) is 0 Å². The van der Waals surface area contributed by atoms with Gasteiger partial charge in [0, 0.05) is 63.7 Å². The highest BCUT2D eigenvalue weighted by molar-refractivity contribution is 5.97. The van der Waals surface area contributed by atoms with Crippen LogP contribution >= 0.6 is 0 Å². The van der Waals surface area contributed by atoms with E-state index in [9.17, 15) is 24.3 Å². The van der Waals surface area contributed by atoms with Crippen LogP contribution in [-0.2, 0) is 33.3 Å². The minimum absolute atomic E-state index is 0.0630. The third kappa shape index (κ3) is 38.1. The van der Waals surface area contributed by atoms with Crippen molar-refractivity contribution in [2.24, 2.45) is 5.73 Å². The normalized spacial score (nSPS) is 15.8. The van der Waals surface area contributed by atoms with Crippen LogP contribution in [0.4, 0.5) is 5.69 Å². The number of nitrogens with two attached hydrogens (primary N) is 1. The van der Waals surface area contributed by atoms with Gasteiger partial charge in [0.15, 0.2) is 6.29 Å². The van der Waals surface area contributed by atoms with Gasteiger partial charge in [-0.1, -0.05) is 206 Å². The number of ether oxygens (including phenoxy) is 4. The quantitative estimate of drug-likeness (QED) is 0.0276. The lowest BCUT2D eigenvalue weighted by atomic mass is 10.0. The monoisotopic (exact) mass is 1180 g/mol. The van der Waals surface area contributed by atoms with E-state index in [1.807, 2.05) is 13.8 Å². The molecule has 17 nitrogen and oxygen atoms in total. The summed E-state index contributed by atoms with van der Waals surface area (Å²) in [5.41, 5.74) is 6.67. The van der Waals surface area contributed by atoms with Crippen LogP contribution in [0.3, 0.4) is 0 Å². The third-order valence-electron chi connectivity index (χ3n) is 16.1. The van der Waals surface area contributed by atoms with E-state index in [0.29, 0.717) is 64.0 Å². The van der Waals surface area contributed by atoms with Crippen molar-refractivity contribution >= 4 is 29.4 Å². The van der Waals surface area contributed by atoms with E-state index in [-0.39, 0.29) is 42.4 Å². The zero-order valence-corrected chi connectivity index (χ0v) is 53.4. The van der Waals surface area contributed by atoms with E-state index in [2.05, 4.69) is 51.1 Å². The maximum absolute atomic E-state index is 13.0. The number of carbonyl (C=O) groups is 4. The van der Waals surface area contributed by atoms with Crippen LogP contribution < -0.4 is 43.0 Å². The zero-order valence-electron chi connectivity index (χ0n) is 53.4. The molecule has 10 N–H and O–H groups in total. The first-order chi connectivity index (χ1) is 40.9. The second-order valence-electron chi connectivity index (χ2n) is 24.6. The van der Waals surface area contributed by atoms with E-state index >= 15 is 0 Å². The number of carbonyl (C=O) groups excluding carboxylic acids is 3. The summed E-state index contributed by atoms with van der Waals surface area (Å²) in [7, 11) is 0. The van der Waals surface area contributed by atoms with Crippen molar-refractivity contribution < 1.29 is 43.2 Å². The molecule has 3 amide bonds. The lowest BCUT2D eigenvalue weighted by Gasteiger charge is -2.35. The van der Waals surface area contributed by atoms with Gasteiger partial charge in [-0.25, -0.2) is 4.79 Å². The molecule has 484 valence electrons. The predicted octanol–water partition coefficient (Wildman–Crippen LogP) is 12.8. The Labute approximate surface area is 509 Å². The molecule has 1 aromatic rings. The molecule has 0 fully saturated rings. The molecule has 0 spiro atoms. The van der Waals surface area contributed by atoms with E-state index in [1.165, 1.54) is 193 Å². The summed E-state index contributed by atoms with van der Waals surface area (Å²) in [5, 5.41) is 30.5. The van der Waals surface area contributed by atoms with Gasteiger partial charge in [0.05, 0.1) is 31.0 Å². The van der Waals surface area contributed by atoms with Gasteiger partial charge in [-0.05, 0) is 76.6 Å². The summed E-state index contributed by atoms with van der Waals surface area (Å²) in [5.74, 6) is -1.82. The van der Waals surface area contributed by atoms with Gasteiger partial charge in [0.2, 0.25) is 5.91 Å². The average Bonchev–Trinajstić information content (AvgIpc) is 3.63. The molecule has 0 bridgehead atoms. The zero-order chi connectivity index (χ0) is 60.6. The summed E-state index contributed by atoms with van der Waals surface area (Å²) in [6, 6.07) is 5.29. The number of rotatable bonds is 57. The van der Waals surface area contributed by atoms with E-state index < -0.39 is 29.8 Å². The molecule has 0 saturated carbocycles. The largest absolute Gasteiger partial charge is 0.480 e. The summed E-state index contributed by atoms with van der Waals surface area (Å²) in [4.78, 5) is 50.1. The lowest BCUT2D eigenvalue weighted by Crippen LogP contribution is -2.64. The fourth-order valence-electron chi connectivity index (χ4n) is 10.8. The van der Waals surface area contributed by atoms with Crippen LogP contribution in [0, 0.1) is 0 Å². The minimum atomic E-state index is -1.24. The van der Waals surface area contributed by atoms with Crippen molar-refractivity contribution in [2.75, 3.05) is 64.6 Å². The number of benzene rings is 1. The van der Waals surface area contributed by atoms with Crippen molar-refractivity contribution in [1.82, 2.24) is 31.9 Å². The maximum Gasteiger partial charge on any atom is 0.326 e. The van der Waals surface area contributed by atoms with Crippen LogP contribution in [0.15, 0.2) is 35.8 Å². The molecule has 4 atom stereocenters. The van der Waals surface area contributed by atoms with Crippen LogP contribution in [0.25, 0.3) is 0 Å². The number of anilines is 1. The van der Waals surface area contributed by atoms with E-state index in [4.69, 9.17) is 24.7 Å². The highest BCUT2D eigenvalue weighted by Gasteiger charge is 2.30. The second kappa shape index (κ2) is 48.9. The van der Waals surface area contributed by atoms with Crippen LogP contribution in [0.1, 0.15) is 276 Å². The van der Waals surface area contributed by atoms with Crippen molar-refractivity contribution in [2.45, 2.75) is 295 Å². The Morgan fingerprint density at radius 1 is 0.631 bits per heavy atom. The molecular formula is C67H122N8O9. The molecule has 84 heavy (non-hydrogen) atoms. The van der Waals surface area contributed by atoms with E-state index in [0.717, 1.165) is 44.6 Å². The minimum Gasteiger partial charge on any atom is -0.480 e. The number of aliphatic carboxylic acids is 1. The average molecular weight is 1180 g/mol. The smallest absolute Gasteiger partial charge is 0.326 e. The Hall–Kier alpha value is -4.16. The van der Waals surface area contributed by atoms with Crippen LogP contribution in [0.2, 0.25) is 0 Å². The molecule has 2 aliphatic rings. The summed E-state index contributed by atoms with van der Waals surface area (Å²) < 4.78 is 24.9. The number of hydrogen-bond acceptors (Lipinski definition) is 13. The van der Waals surface area contributed by atoms with Gasteiger partial charge >= 0.3 is 5.97 Å². The second-order valence-corrected chi connectivity index (χ2v) is 24.6. The summed E-state index contributed by atoms with van der Waals surface area (Å²) in [6.07, 6.45) is 45.1. The van der Waals surface area contributed by atoms with Gasteiger partial charge in [-0.15, -0.1) is 0 Å². The molecular weight excluding hydrogens is 1060 g/mol. The van der Waals surface area contributed by atoms with Crippen molar-refractivity contribution in [3.63, 3.8) is 0 Å². The topological polar surface area (TPSA) is 236 Å². The van der Waals surface area contributed by atoms with Crippen LogP contribution in [-0.4, -0.2) is 118 Å². The Morgan fingerprint density at radius 3 is 1.68 bits per heavy atom. The first kappa shape index (κ1) is 74.1. The predicted molar refractivity (Wildman–Crippen MR) is 342 cm³/mol. The SMILES string of the molecule is CCCCCCCCCCCCCCCCCCOC[C@H](CCCOCC(C)(C)OCCCNC(=O)CC[C@@H](NC(=O)c1ccc(NCC2CNC3=C(N2)C(=O)NC(N)N3)cc1)C(=O)O)OCCCCCCCCCCCCCCCCCC.